The molecule has 1 spiro atoms. The monoisotopic (exact) mass is 370 g/mol. The minimum Gasteiger partial charge on any atom is -0.497 e. The summed E-state index contributed by atoms with van der Waals surface area (Å²) in [5.74, 6) is 1.06. The van der Waals surface area contributed by atoms with Gasteiger partial charge in [0.25, 0.3) is 0 Å². The molecule has 0 N–H and O–H groups in total. The Balaban J connectivity index is 1.52. The number of ether oxygens (including phenoxy) is 1. The summed E-state index contributed by atoms with van der Waals surface area (Å²) in [4.78, 5) is 25.8. The van der Waals surface area contributed by atoms with Crippen molar-refractivity contribution in [1.29, 1.82) is 0 Å². The van der Waals surface area contributed by atoms with Gasteiger partial charge in [-0.25, -0.2) is 14.4 Å². The van der Waals surface area contributed by atoms with E-state index < -0.39 is 5.41 Å². The number of likely N-dealkylation sites (tertiary alicyclic amines) is 1. The number of aromatic nitrogens is 2. The third-order valence-corrected chi connectivity index (χ3v) is 5.63. The first-order chi connectivity index (χ1) is 13.1. The molecule has 6 nitrogen and oxygen atoms in total. The third-order valence-electron chi connectivity index (χ3n) is 5.63. The highest BCUT2D eigenvalue weighted by molar-refractivity contribution is 5.85. The van der Waals surface area contributed by atoms with Crippen LogP contribution < -0.4 is 9.64 Å². The smallest absolute Gasteiger partial charge is 0.230 e. The van der Waals surface area contributed by atoms with Crippen LogP contribution in [0.2, 0.25) is 0 Å². The van der Waals surface area contributed by atoms with Crippen molar-refractivity contribution in [1.82, 2.24) is 14.9 Å². The summed E-state index contributed by atoms with van der Waals surface area (Å²) < 4.78 is 19.4. The first-order valence-corrected chi connectivity index (χ1v) is 9.25. The van der Waals surface area contributed by atoms with Gasteiger partial charge in [-0.05, 0) is 43.5 Å². The van der Waals surface area contributed by atoms with Crippen molar-refractivity contribution in [2.45, 2.75) is 25.8 Å². The number of amides is 1. The van der Waals surface area contributed by atoms with E-state index in [0.29, 0.717) is 30.4 Å². The molecule has 4 rings (SSSR count). The van der Waals surface area contributed by atoms with Crippen LogP contribution in [0.3, 0.4) is 0 Å². The van der Waals surface area contributed by atoms with Crippen LogP contribution in [0.25, 0.3) is 0 Å². The van der Waals surface area contributed by atoms with E-state index in [9.17, 15) is 9.18 Å². The molecule has 0 bridgehead atoms. The van der Waals surface area contributed by atoms with Gasteiger partial charge in [-0.1, -0.05) is 0 Å². The van der Waals surface area contributed by atoms with Gasteiger partial charge >= 0.3 is 0 Å². The Morgan fingerprint density at radius 2 is 2.04 bits per heavy atom. The maximum absolute atomic E-state index is 14.2. The Morgan fingerprint density at radius 1 is 1.22 bits per heavy atom. The number of anilines is 1. The summed E-state index contributed by atoms with van der Waals surface area (Å²) in [6, 6.07) is 6.43. The number of methoxy groups -OCH3 is 1. The molecule has 2 fully saturated rings. The predicted octanol–water partition coefficient (Wildman–Crippen LogP) is 2.64. The van der Waals surface area contributed by atoms with E-state index in [1.807, 2.05) is 0 Å². The lowest BCUT2D eigenvalue weighted by molar-refractivity contribution is -0.145. The number of carbonyl (C=O) groups excluding carboxylic acids is 1. The minimum absolute atomic E-state index is 0.106. The highest BCUT2D eigenvalue weighted by atomic mass is 19.1. The van der Waals surface area contributed by atoms with Crippen molar-refractivity contribution in [3.05, 3.63) is 48.0 Å². The van der Waals surface area contributed by atoms with E-state index in [1.54, 1.807) is 42.6 Å². The summed E-state index contributed by atoms with van der Waals surface area (Å²) in [5, 5.41) is 0. The van der Waals surface area contributed by atoms with Gasteiger partial charge in [0.2, 0.25) is 11.9 Å². The Hall–Kier alpha value is -2.70. The van der Waals surface area contributed by atoms with Gasteiger partial charge in [0.05, 0.1) is 12.5 Å². The predicted molar refractivity (Wildman–Crippen MR) is 98.9 cm³/mol. The zero-order valence-corrected chi connectivity index (χ0v) is 15.4. The average molecular weight is 370 g/mol. The summed E-state index contributed by atoms with van der Waals surface area (Å²) in [7, 11) is 1.55. The number of piperidine rings is 1. The normalized spacial score (nSPS) is 22.5. The zero-order chi connectivity index (χ0) is 18.9. The van der Waals surface area contributed by atoms with Crippen molar-refractivity contribution < 1.29 is 13.9 Å². The van der Waals surface area contributed by atoms with Crippen LogP contribution >= 0.6 is 0 Å². The van der Waals surface area contributed by atoms with Crippen LogP contribution in [-0.2, 0) is 11.3 Å². The quantitative estimate of drug-likeness (QED) is 0.828. The molecule has 0 radical (unpaired) electrons. The number of benzene rings is 1. The first-order valence-electron chi connectivity index (χ1n) is 9.25. The third kappa shape index (κ3) is 3.34. The van der Waals surface area contributed by atoms with Crippen molar-refractivity contribution in [2.24, 2.45) is 5.41 Å². The van der Waals surface area contributed by atoms with E-state index in [-0.39, 0.29) is 18.3 Å². The largest absolute Gasteiger partial charge is 0.497 e. The molecule has 2 aliphatic heterocycles. The molecule has 27 heavy (non-hydrogen) atoms. The van der Waals surface area contributed by atoms with Crippen LogP contribution in [0.5, 0.6) is 5.75 Å². The van der Waals surface area contributed by atoms with Crippen LogP contribution in [0.15, 0.2) is 36.7 Å². The molecule has 3 heterocycles. The lowest BCUT2D eigenvalue weighted by Crippen LogP contribution is -2.49. The van der Waals surface area contributed by atoms with Crippen molar-refractivity contribution in [3.63, 3.8) is 0 Å². The second kappa shape index (κ2) is 7.13. The Labute approximate surface area is 158 Å². The van der Waals surface area contributed by atoms with E-state index in [4.69, 9.17) is 4.74 Å². The molecule has 0 aliphatic carbocycles. The number of hydrogen-bond acceptors (Lipinski definition) is 5. The van der Waals surface area contributed by atoms with Gasteiger partial charge in [0.1, 0.15) is 11.6 Å². The summed E-state index contributed by atoms with van der Waals surface area (Å²) in [5.41, 5.74) is 0.0632. The van der Waals surface area contributed by atoms with Gasteiger partial charge in [-0.15, -0.1) is 0 Å². The highest BCUT2D eigenvalue weighted by Gasteiger charge is 2.48. The van der Waals surface area contributed by atoms with E-state index in [2.05, 4.69) is 14.9 Å². The maximum atomic E-state index is 14.2. The van der Waals surface area contributed by atoms with Crippen LogP contribution in [0.1, 0.15) is 24.8 Å². The number of hydrogen-bond donors (Lipinski definition) is 0. The Kier molecular flexibility index (Phi) is 4.68. The lowest BCUT2D eigenvalue weighted by atomic mass is 9.78. The van der Waals surface area contributed by atoms with E-state index in [0.717, 1.165) is 25.8 Å². The Morgan fingerprint density at radius 3 is 2.81 bits per heavy atom. The number of carbonyl (C=O) groups is 1. The first kappa shape index (κ1) is 17.7. The SMILES string of the molecule is COc1ccc(F)c(CN2CCC[C@]3(CCN(c4ncccn4)C3)C2=O)c1. The topological polar surface area (TPSA) is 58.6 Å². The molecule has 1 aromatic carbocycles. The number of nitrogens with zero attached hydrogens (tertiary/aromatic N) is 4. The van der Waals surface area contributed by atoms with Crippen LogP contribution in [0.4, 0.5) is 10.3 Å². The van der Waals surface area contributed by atoms with E-state index in [1.165, 1.54) is 6.07 Å². The van der Waals surface area contributed by atoms with Crippen molar-refractivity contribution in [2.75, 3.05) is 31.6 Å². The summed E-state index contributed by atoms with van der Waals surface area (Å²) >= 11 is 0. The van der Waals surface area contributed by atoms with Gasteiger partial charge in [-0.2, -0.15) is 0 Å². The van der Waals surface area contributed by atoms with Crippen molar-refractivity contribution >= 4 is 11.9 Å². The van der Waals surface area contributed by atoms with Gasteiger partial charge in [0, 0.05) is 44.1 Å². The summed E-state index contributed by atoms with van der Waals surface area (Å²) in [6.07, 6.45) is 5.98. The molecule has 1 aromatic heterocycles. The number of rotatable bonds is 4. The lowest BCUT2D eigenvalue weighted by Gasteiger charge is -2.39. The van der Waals surface area contributed by atoms with Gasteiger partial charge in [0.15, 0.2) is 0 Å². The molecule has 0 unspecified atom stereocenters. The van der Waals surface area contributed by atoms with Gasteiger partial charge in [-0.3, -0.25) is 4.79 Å². The molecule has 0 saturated carbocycles. The second-order valence-corrected chi connectivity index (χ2v) is 7.29. The molecule has 1 atom stereocenters. The van der Waals surface area contributed by atoms with Crippen LogP contribution in [0, 0.1) is 11.2 Å². The highest BCUT2D eigenvalue weighted by Crippen LogP contribution is 2.41. The standard InChI is InChI=1S/C20H23FN4O2/c1-27-16-4-5-17(21)15(12-16)13-24-10-2-6-20(18(24)26)7-11-25(14-20)19-22-8-3-9-23-19/h3-5,8-9,12H,2,6-7,10-11,13-14H2,1H3/t20-/m1/s1. The fraction of sp³-hybridized carbons (Fsp3) is 0.450. The van der Waals surface area contributed by atoms with Crippen molar-refractivity contribution in [3.8, 4) is 5.75 Å². The molecule has 7 heteroatoms. The number of halogens is 1. The van der Waals surface area contributed by atoms with Crippen LogP contribution in [-0.4, -0.2) is 47.5 Å². The summed E-state index contributed by atoms with van der Waals surface area (Å²) in [6.45, 7) is 2.30. The van der Waals surface area contributed by atoms with Gasteiger partial charge < -0.3 is 14.5 Å². The Bertz CT molecular complexity index is 832. The molecular formula is C20H23FN4O2. The molecule has 142 valence electrons. The maximum Gasteiger partial charge on any atom is 0.230 e. The zero-order valence-electron chi connectivity index (χ0n) is 15.4. The molecular weight excluding hydrogens is 347 g/mol. The molecule has 2 saturated heterocycles. The molecule has 2 aromatic rings. The minimum atomic E-state index is -0.424. The fourth-order valence-corrected chi connectivity index (χ4v) is 4.18. The molecule has 1 amide bonds. The molecule has 2 aliphatic rings. The average Bonchev–Trinajstić information content (AvgIpc) is 3.13. The fourth-order valence-electron chi connectivity index (χ4n) is 4.18. The second-order valence-electron chi connectivity index (χ2n) is 7.29. The van der Waals surface area contributed by atoms with E-state index >= 15 is 0 Å².